The zero-order valence-electron chi connectivity index (χ0n) is 10.6. The number of hydrogen-bond acceptors (Lipinski definition) is 2. The van der Waals surface area contributed by atoms with Gasteiger partial charge in [-0.15, -0.1) is 0 Å². The van der Waals surface area contributed by atoms with Gasteiger partial charge in [0.15, 0.2) is 5.60 Å². The van der Waals surface area contributed by atoms with Crippen molar-refractivity contribution < 1.29 is 18.3 Å². The first-order chi connectivity index (χ1) is 8.83. The molecule has 5 heteroatoms. The fraction of sp³-hybridized carbons (Fsp3) is 0.571. The van der Waals surface area contributed by atoms with Crippen LogP contribution in [0.2, 0.25) is 0 Å². The predicted octanol–water partition coefficient (Wildman–Crippen LogP) is 3.60. The number of anilines is 1. The molecule has 2 nitrogen and oxygen atoms in total. The number of alkyl halides is 3. The number of benzene rings is 1. The lowest BCUT2D eigenvalue weighted by molar-refractivity contribution is -0.272. The smallest absolute Gasteiger partial charge is 0.399 e. The second-order valence-corrected chi connectivity index (χ2v) is 5.33. The van der Waals surface area contributed by atoms with Gasteiger partial charge in [0.1, 0.15) is 0 Å². The molecule has 0 bridgehead atoms. The Morgan fingerprint density at radius 2 is 1.63 bits per heavy atom. The van der Waals surface area contributed by atoms with Gasteiger partial charge in [-0.2, -0.15) is 13.2 Å². The summed E-state index contributed by atoms with van der Waals surface area (Å²) in [5.74, 6) is -0.0656. The van der Waals surface area contributed by atoms with Crippen LogP contribution in [0.15, 0.2) is 24.3 Å². The minimum atomic E-state index is -4.67. The van der Waals surface area contributed by atoms with Crippen LogP contribution in [-0.4, -0.2) is 11.3 Å². The maximum atomic E-state index is 13.3. The van der Waals surface area contributed by atoms with Crippen molar-refractivity contribution in [2.24, 2.45) is 5.92 Å². The van der Waals surface area contributed by atoms with E-state index in [0.717, 1.165) is 25.7 Å². The standard InChI is InChI=1S/C14H18F3NO/c15-14(16,17)13(19,9-10-3-1-2-4-10)11-5-7-12(18)8-6-11/h5-8,10,19H,1-4,9,18H2. The molecule has 0 saturated heterocycles. The van der Waals surface area contributed by atoms with Crippen LogP contribution in [0.5, 0.6) is 0 Å². The molecule has 1 aromatic carbocycles. The molecule has 1 aliphatic rings. The second-order valence-electron chi connectivity index (χ2n) is 5.33. The highest BCUT2D eigenvalue weighted by Crippen LogP contribution is 2.46. The first kappa shape index (κ1) is 14.2. The third kappa shape index (κ3) is 2.86. The summed E-state index contributed by atoms with van der Waals surface area (Å²) in [6.07, 6.45) is -1.53. The molecule has 1 atom stereocenters. The van der Waals surface area contributed by atoms with E-state index in [1.807, 2.05) is 0 Å². The Balaban J connectivity index is 2.30. The molecular formula is C14H18F3NO. The lowest BCUT2D eigenvalue weighted by Gasteiger charge is -2.33. The molecule has 19 heavy (non-hydrogen) atoms. The minimum Gasteiger partial charge on any atom is -0.399 e. The van der Waals surface area contributed by atoms with Crippen molar-refractivity contribution in [3.05, 3.63) is 29.8 Å². The van der Waals surface area contributed by atoms with E-state index in [0.29, 0.717) is 5.69 Å². The van der Waals surface area contributed by atoms with Gasteiger partial charge >= 0.3 is 6.18 Å². The molecule has 1 fully saturated rings. The van der Waals surface area contributed by atoms with Crippen molar-refractivity contribution in [1.82, 2.24) is 0 Å². The average Bonchev–Trinajstić information content (AvgIpc) is 2.81. The first-order valence-corrected chi connectivity index (χ1v) is 6.48. The molecule has 0 aliphatic heterocycles. The van der Waals surface area contributed by atoms with Crippen molar-refractivity contribution in [2.45, 2.75) is 43.9 Å². The summed E-state index contributed by atoms with van der Waals surface area (Å²) in [5, 5.41) is 10.2. The molecule has 1 aliphatic carbocycles. The van der Waals surface area contributed by atoms with E-state index in [4.69, 9.17) is 5.73 Å². The molecule has 1 unspecified atom stereocenters. The number of nitrogen functional groups attached to an aromatic ring is 1. The third-order valence-corrected chi connectivity index (χ3v) is 3.92. The molecule has 106 valence electrons. The highest BCUT2D eigenvalue weighted by molar-refractivity contribution is 5.41. The Bertz CT molecular complexity index is 423. The van der Waals surface area contributed by atoms with Gasteiger partial charge in [0.2, 0.25) is 0 Å². The van der Waals surface area contributed by atoms with Crippen LogP contribution in [0.25, 0.3) is 0 Å². The summed E-state index contributed by atoms with van der Waals surface area (Å²) in [7, 11) is 0. The lowest BCUT2D eigenvalue weighted by Crippen LogP contribution is -2.43. The summed E-state index contributed by atoms with van der Waals surface area (Å²) in [6.45, 7) is 0. The number of rotatable bonds is 3. The average molecular weight is 273 g/mol. The van der Waals surface area contributed by atoms with Crippen LogP contribution in [0.1, 0.15) is 37.7 Å². The molecule has 0 spiro atoms. The number of halogens is 3. The SMILES string of the molecule is Nc1ccc(C(O)(CC2CCCC2)C(F)(F)F)cc1. The van der Waals surface area contributed by atoms with Crippen LogP contribution in [0.3, 0.4) is 0 Å². The molecule has 0 radical (unpaired) electrons. The fourth-order valence-corrected chi connectivity index (χ4v) is 2.79. The van der Waals surface area contributed by atoms with Gasteiger partial charge in [0.05, 0.1) is 0 Å². The predicted molar refractivity (Wildman–Crippen MR) is 67.4 cm³/mol. The van der Waals surface area contributed by atoms with Gasteiger partial charge in [-0.05, 0) is 30.0 Å². The van der Waals surface area contributed by atoms with Gasteiger partial charge in [0, 0.05) is 5.69 Å². The molecule has 0 heterocycles. The maximum Gasteiger partial charge on any atom is 0.421 e. The highest BCUT2D eigenvalue weighted by atomic mass is 19.4. The summed E-state index contributed by atoms with van der Waals surface area (Å²) in [4.78, 5) is 0. The summed E-state index contributed by atoms with van der Waals surface area (Å²) in [6, 6.07) is 5.30. The first-order valence-electron chi connectivity index (χ1n) is 6.48. The Morgan fingerprint density at radius 1 is 1.11 bits per heavy atom. The van der Waals surface area contributed by atoms with Gasteiger partial charge in [0.25, 0.3) is 0 Å². The molecule has 0 aromatic heterocycles. The molecule has 3 N–H and O–H groups in total. The van der Waals surface area contributed by atoms with E-state index in [2.05, 4.69) is 0 Å². The second kappa shape index (κ2) is 5.04. The van der Waals surface area contributed by atoms with Crippen LogP contribution in [0, 0.1) is 5.92 Å². The topological polar surface area (TPSA) is 46.2 Å². The Hall–Kier alpha value is -1.23. The fourth-order valence-electron chi connectivity index (χ4n) is 2.79. The summed E-state index contributed by atoms with van der Waals surface area (Å²) >= 11 is 0. The Labute approximate surface area is 110 Å². The van der Waals surface area contributed by atoms with Gasteiger partial charge in [-0.1, -0.05) is 37.8 Å². The maximum absolute atomic E-state index is 13.3. The van der Waals surface area contributed by atoms with Crippen LogP contribution in [-0.2, 0) is 5.60 Å². The van der Waals surface area contributed by atoms with E-state index < -0.39 is 11.8 Å². The normalized spacial score (nSPS) is 20.4. The quantitative estimate of drug-likeness (QED) is 0.826. The van der Waals surface area contributed by atoms with E-state index in [-0.39, 0.29) is 17.9 Å². The molecular weight excluding hydrogens is 255 g/mol. The molecule has 2 rings (SSSR count). The van der Waals surface area contributed by atoms with Crippen molar-refractivity contribution in [1.29, 1.82) is 0 Å². The molecule has 1 saturated carbocycles. The lowest BCUT2D eigenvalue weighted by atomic mass is 9.83. The largest absolute Gasteiger partial charge is 0.421 e. The number of aliphatic hydroxyl groups is 1. The zero-order chi connectivity index (χ0) is 14.1. The number of nitrogens with two attached hydrogens (primary N) is 1. The van der Waals surface area contributed by atoms with E-state index in [9.17, 15) is 18.3 Å². The molecule has 1 aromatic rings. The molecule has 0 amide bonds. The van der Waals surface area contributed by atoms with Gasteiger partial charge in [-0.25, -0.2) is 0 Å². The van der Waals surface area contributed by atoms with Crippen molar-refractivity contribution >= 4 is 5.69 Å². The van der Waals surface area contributed by atoms with Crippen LogP contribution < -0.4 is 5.73 Å². The zero-order valence-corrected chi connectivity index (χ0v) is 10.6. The third-order valence-electron chi connectivity index (χ3n) is 3.92. The van der Waals surface area contributed by atoms with Crippen LogP contribution >= 0.6 is 0 Å². The van der Waals surface area contributed by atoms with Gasteiger partial charge in [-0.3, -0.25) is 0 Å². The highest BCUT2D eigenvalue weighted by Gasteiger charge is 2.55. The summed E-state index contributed by atoms with van der Waals surface area (Å²) < 4.78 is 39.8. The number of hydrogen-bond donors (Lipinski definition) is 2. The van der Waals surface area contributed by atoms with Crippen LogP contribution in [0.4, 0.5) is 18.9 Å². The Kier molecular flexibility index (Phi) is 3.76. The minimum absolute atomic E-state index is 0.0656. The Morgan fingerprint density at radius 3 is 2.11 bits per heavy atom. The van der Waals surface area contributed by atoms with E-state index in [1.54, 1.807) is 0 Å². The summed E-state index contributed by atoms with van der Waals surface area (Å²) in [5.41, 5.74) is 2.97. The van der Waals surface area contributed by atoms with Crippen molar-refractivity contribution in [2.75, 3.05) is 5.73 Å². The van der Waals surface area contributed by atoms with E-state index in [1.165, 1.54) is 24.3 Å². The van der Waals surface area contributed by atoms with E-state index >= 15 is 0 Å². The monoisotopic (exact) mass is 273 g/mol. The van der Waals surface area contributed by atoms with Crippen molar-refractivity contribution in [3.63, 3.8) is 0 Å². The van der Waals surface area contributed by atoms with Gasteiger partial charge < -0.3 is 10.8 Å². The van der Waals surface area contributed by atoms with Crippen molar-refractivity contribution in [3.8, 4) is 0 Å².